The number of methoxy groups -OCH3 is 2. The van der Waals surface area contributed by atoms with Gasteiger partial charge in [0.1, 0.15) is 34.6 Å². The first kappa shape index (κ1) is 42.8. The normalized spacial score (nSPS) is 26.4. The number of fused-ring (bicyclic) bond motifs is 1. The second-order valence-corrected chi connectivity index (χ2v) is 17.9. The van der Waals surface area contributed by atoms with E-state index in [1.165, 1.54) is 14.2 Å². The van der Waals surface area contributed by atoms with Gasteiger partial charge in [0, 0.05) is 42.7 Å². The molecule has 0 radical (unpaired) electrons. The summed E-state index contributed by atoms with van der Waals surface area (Å²) in [5, 5.41) is 6.01. The molecule has 4 saturated heterocycles. The maximum absolute atomic E-state index is 14.2. The van der Waals surface area contributed by atoms with Crippen LogP contribution in [-0.2, 0) is 28.5 Å². The maximum Gasteiger partial charge on any atom is 0.407 e. The number of nitrogens with zero attached hydrogens (tertiary/aromatic N) is 4. The molecule has 63 heavy (non-hydrogen) atoms. The van der Waals surface area contributed by atoms with Crippen molar-refractivity contribution in [3.05, 3.63) is 71.5 Å². The molecule has 4 aromatic rings. The smallest absolute Gasteiger partial charge is 0.407 e. The van der Waals surface area contributed by atoms with E-state index in [2.05, 4.69) is 32.7 Å². The molecule has 17 heteroatoms. The maximum atomic E-state index is 14.2. The number of nitrogens with one attached hydrogen (secondary N) is 4. The highest BCUT2D eigenvalue weighted by Gasteiger charge is 2.57. The van der Waals surface area contributed by atoms with Crippen molar-refractivity contribution in [1.82, 2.24) is 40.4 Å². The number of carbonyl (C=O) groups excluding carboxylic acids is 4. The van der Waals surface area contributed by atoms with Crippen molar-refractivity contribution in [3.63, 3.8) is 0 Å². The van der Waals surface area contributed by atoms with Crippen LogP contribution in [0.1, 0.15) is 82.0 Å². The minimum Gasteiger partial charge on any atom is -0.453 e. The molecule has 5 fully saturated rings. The predicted octanol–water partition coefficient (Wildman–Crippen LogP) is 6.80. The molecule has 1 aliphatic carbocycles. The standard InChI is InChI=1S/C46H55ClN8O8/c1-25-8-17-34(54(25)43(56)38(51-45(58)60-2)30-6-4-18-62-23-30)41-48-22-33(49-41)28-13-9-26(10-14-28)27-11-15-29(16-12-27)37-40(47)53-42(50-37)36-21-32-20-35(32)55(36)44(57)39(52-46(59)61-3)31-7-5-19-63-24-31/h9-16,22,25,30-32,34-36,38-39H,4-8,17-21,23-24H2,1-3H3,(H,48,49)(H,50,53)(H,51,58)(H,52,59)/t25-,30+,31+,32-,34+,35?,36+,38+,39+/m1/s1. The molecule has 1 unspecified atom stereocenters. The molecule has 4 N–H and O–H groups in total. The molecule has 0 bridgehead atoms. The summed E-state index contributed by atoms with van der Waals surface area (Å²) >= 11 is 6.82. The summed E-state index contributed by atoms with van der Waals surface area (Å²) in [5.74, 6) is 1.13. The minimum atomic E-state index is -0.758. The van der Waals surface area contributed by atoms with Gasteiger partial charge in [0.15, 0.2) is 0 Å². The van der Waals surface area contributed by atoms with Crippen LogP contribution in [0.15, 0.2) is 54.7 Å². The van der Waals surface area contributed by atoms with E-state index in [0.717, 1.165) is 79.3 Å². The van der Waals surface area contributed by atoms with Gasteiger partial charge in [0.2, 0.25) is 11.8 Å². The quantitative estimate of drug-likeness (QED) is 0.125. The van der Waals surface area contributed by atoms with Gasteiger partial charge in [0.25, 0.3) is 0 Å². The molecule has 0 spiro atoms. The molecule has 4 amide bonds. The SMILES string of the molecule is COC(=O)N[C@H](C(=O)N1C2C[C@@H]2C[C@H]1c1nc(-c2ccc(-c3ccc(-c4cnc([C@@H]5CC[C@@H](C)N5C(=O)[C@@H](NC(=O)OC)[C@H]5CCCOC5)[nH]4)cc3)cc2)c(Cl)[nH]1)[C@H]1CCCOC1. The Morgan fingerprint density at radius 2 is 1.30 bits per heavy atom. The van der Waals surface area contributed by atoms with Crippen molar-refractivity contribution in [3.8, 4) is 33.6 Å². The molecular formula is C46H55ClN8O8. The molecule has 1 saturated carbocycles. The number of alkyl carbamates (subject to hydrolysis) is 2. The van der Waals surface area contributed by atoms with Crippen LogP contribution in [0.4, 0.5) is 9.59 Å². The molecule has 334 valence electrons. The summed E-state index contributed by atoms with van der Waals surface area (Å²) in [4.78, 5) is 73.4. The first-order chi connectivity index (χ1) is 30.6. The Balaban J connectivity index is 0.875. The molecule has 4 aliphatic heterocycles. The van der Waals surface area contributed by atoms with Crippen LogP contribution in [0.2, 0.25) is 5.15 Å². The Labute approximate surface area is 371 Å². The lowest BCUT2D eigenvalue weighted by atomic mass is 9.92. The zero-order chi connectivity index (χ0) is 43.8. The fraction of sp³-hybridized carbons (Fsp3) is 0.522. The van der Waals surface area contributed by atoms with Crippen LogP contribution in [-0.4, -0.2) is 119 Å². The minimum absolute atomic E-state index is 0.0312. The number of aromatic nitrogens is 4. The molecule has 5 aliphatic rings. The van der Waals surface area contributed by atoms with E-state index in [-0.39, 0.29) is 47.8 Å². The molecule has 9 rings (SSSR count). The average Bonchev–Trinajstić information content (AvgIpc) is 3.72. The zero-order valence-corrected chi connectivity index (χ0v) is 36.6. The third-order valence-corrected chi connectivity index (χ3v) is 13.9. The van der Waals surface area contributed by atoms with Gasteiger partial charge < -0.3 is 49.3 Å². The summed E-state index contributed by atoms with van der Waals surface area (Å²) in [6.45, 7) is 4.13. The van der Waals surface area contributed by atoms with E-state index >= 15 is 0 Å². The third-order valence-electron chi connectivity index (χ3n) is 13.7. The van der Waals surface area contributed by atoms with Gasteiger partial charge in [-0.2, -0.15) is 0 Å². The summed E-state index contributed by atoms with van der Waals surface area (Å²) < 4.78 is 21.2. The van der Waals surface area contributed by atoms with Crippen LogP contribution in [0.5, 0.6) is 0 Å². The number of rotatable bonds is 11. The summed E-state index contributed by atoms with van der Waals surface area (Å²) in [6, 6.07) is 14.3. The van der Waals surface area contributed by atoms with Gasteiger partial charge in [-0.3, -0.25) is 9.59 Å². The molecule has 2 aromatic carbocycles. The third kappa shape index (κ3) is 8.77. The highest BCUT2D eigenvalue weighted by atomic mass is 35.5. The summed E-state index contributed by atoms with van der Waals surface area (Å²) in [5.41, 5.74) is 5.27. The first-order valence-corrected chi connectivity index (χ1v) is 22.5. The number of H-pyrrole nitrogens is 2. The monoisotopic (exact) mass is 882 g/mol. The Bertz CT molecular complexity index is 2290. The number of aromatic amines is 2. The van der Waals surface area contributed by atoms with E-state index in [0.29, 0.717) is 54.8 Å². The van der Waals surface area contributed by atoms with Crippen molar-refractivity contribution in [2.45, 2.75) is 94.5 Å². The number of hydrogen-bond donors (Lipinski definition) is 4. The second kappa shape index (κ2) is 18.3. The molecule has 2 aromatic heterocycles. The number of hydrogen-bond acceptors (Lipinski definition) is 10. The topological polar surface area (TPSA) is 193 Å². The average molecular weight is 883 g/mol. The van der Waals surface area contributed by atoms with Gasteiger partial charge >= 0.3 is 12.2 Å². The van der Waals surface area contributed by atoms with Crippen LogP contribution < -0.4 is 10.6 Å². The van der Waals surface area contributed by atoms with Gasteiger partial charge in [-0.15, -0.1) is 0 Å². The highest BCUT2D eigenvalue weighted by molar-refractivity contribution is 6.32. The molecular weight excluding hydrogens is 828 g/mol. The fourth-order valence-corrected chi connectivity index (χ4v) is 10.4. The van der Waals surface area contributed by atoms with Crippen molar-refractivity contribution in [2.75, 3.05) is 40.6 Å². The highest BCUT2D eigenvalue weighted by Crippen LogP contribution is 2.54. The Morgan fingerprint density at radius 1 is 0.730 bits per heavy atom. The first-order valence-electron chi connectivity index (χ1n) is 22.1. The fourth-order valence-electron chi connectivity index (χ4n) is 10.2. The van der Waals surface area contributed by atoms with Gasteiger partial charge in [-0.1, -0.05) is 60.1 Å². The number of carbonyl (C=O) groups is 4. The summed E-state index contributed by atoms with van der Waals surface area (Å²) in [6.07, 6.45) is 7.00. The van der Waals surface area contributed by atoms with Crippen LogP contribution >= 0.6 is 11.6 Å². The Morgan fingerprint density at radius 3 is 1.87 bits per heavy atom. The molecule has 6 heterocycles. The van der Waals surface area contributed by atoms with E-state index < -0.39 is 24.3 Å². The van der Waals surface area contributed by atoms with Crippen molar-refractivity contribution in [2.24, 2.45) is 17.8 Å². The van der Waals surface area contributed by atoms with E-state index in [9.17, 15) is 19.2 Å². The number of ether oxygens (including phenoxy) is 4. The lowest BCUT2D eigenvalue weighted by Crippen LogP contribution is -2.55. The van der Waals surface area contributed by atoms with E-state index in [1.807, 2.05) is 53.1 Å². The molecule has 16 nitrogen and oxygen atoms in total. The second-order valence-electron chi connectivity index (χ2n) is 17.6. The lowest BCUT2D eigenvalue weighted by molar-refractivity contribution is -0.139. The zero-order valence-electron chi connectivity index (χ0n) is 35.8. The predicted molar refractivity (Wildman–Crippen MR) is 232 cm³/mol. The largest absolute Gasteiger partial charge is 0.453 e. The number of amides is 4. The van der Waals surface area contributed by atoms with Crippen LogP contribution in [0, 0.1) is 17.8 Å². The van der Waals surface area contributed by atoms with Gasteiger partial charge in [0.05, 0.1) is 51.4 Å². The van der Waals surface area contributed by atoms with Crippen molar-refractivity contribution in [1.29, 1.82) is 0 Å². The van der Waals surface area contributed by atoms with Crippen molar-refractivity contribution < 1.29 is 38.1 Å². The van der Waals surface area contributed by atoms with Gasteiger partial charge in [-0.05, 0) is 80.9 Å². The van der Waals surface area contributed by atoms with Crippen LogP contribution in [0.3, 0.4) is 0 Å². The Hall–Kier alpha value is -5.45. The number of halogens is 1. The van der Waals surface area contributed by atoms with E-state index in [4.69, 9.17) is 40.5 Å². The molecule has 9 atom stereocenters. The number of benzene rings is 2. The van der Waals surface area contributed by atoms with Crippen LogP contribution in [0.25, 0.3) is 33.6 Å². The van der Waals surface area contributed by atoms with Crippen molar-refractivity contribution >= 4 is 35.6 Å². The lowest BCUT2D eigenvalue weighted by Gasteiger charge is -2.36. The summed E-state index contributed by atoms with van der Waals surface area (Å²) in [7, 11) is 2.60. The van der Waals surface area contributed by atoms with Gasteiger partial charge in [-0.25, -0.2) is 19.6 Å². The van der Waals surface area contributed by atoms with E-state index in [1.54, 1.807) is 6.20 Å². The number of likely N-dealkylation sites (tertiary alicyclic amines) is 2. The Kier molecular flexibility index (Phi) is 12.5. The number of piperidine rings is 1. The number of imidazole rings is 2.